The summed E-state index contributed by atoms with van der Waals surface area (Å²) in [7, 11) is 0. The Morgan fingerprint density at radius 3 is 1.50 bits per heavy atom. The van der Waals surface area contributed by atoms with E-state index in [-0.39, 0.29) is 0 Å². The molecule has 2 heterocycles. The summed E-state index contributed by atoms with van der Waals surface area (Å²) in [5.74, 6) is 0. The van der Waals surface area contributed by atoms with Gasteiger partial charge in [0.1, 0.15) is 0 Å². The standard InChI is InChI=1S/C48H28S2/c1-2-14-29(15-3-1)44-33-18-6-8-20-35(33)45(36-21-9-7-19-34(36)44)40-27-31(26-30-16-4-5-17-32(30)40)39-28-43-47(38-23-11-12-24-41(38)49-43)48-46(39)37-22-10-13-25-42(37)50-48/h1-28H. The highest BCUT2D eigenvalue weighted by atomic mass is 32.1. The maximum atomic E-state index is 2.49. The number of hydrogen-bond acceptors (Lipinski definition) is 2. The van der Waals surface area contributed by atoms with Gasteiger partial charge in [-0.15, -0.1) is 22.7 Å². The van der Waals surface area contributed by atoms with Gasteiger partial charge in [-0.3, -0.25) is 0 Å². The lowest BCUT2D eigenvalue weighted by Crippen LogP contribution is -1.92. The molecular weight excluding hydrogens is 641 g/mol. The van der Waals surface area contributed by atoms with E-state index in [9.17, 15) is 0 Å². The molecule has 9 aromatic carbocycles. The Bertz CT molecular complexity index is 3080. The van der Waals surface area contributed by atoms with Gasteiger partial charge in [0.25, 0.3) is 0 Å². The third kappa shape index (κ3) is 4.04. The van der Waals surface area contributed by atoms with Gasteiger partial charge in [0.2, 0.25) is 0 Å². The van der Waals surface area contributed by atoms with Crippen LogP contribution in [0.4, 0.5) is 0 Å². The first-order valence-electron chi connectivity index (χ1n) is 17.1. The summed E-state index contributed by atoms with van der Waals surface area (Å²) in [6, 6.07) is 63.0. The van der Waals surface area contributed by atoms with Crippen LogP contribution >= 0.6 is 22.7 Å². The molecule has 2 aromatic heterocycles. The minimum Gasteiger partial charge on any atom is -0.135 e. The molecule has 232 valence electrons. The molecule has 50 heavy (non-hydrogen) atoms. The van der Waals surface area contributed by atoms with Crippen molar-refractivity contribution >= 4 is 95.3 Å². The van der Waals surface area contributed by atoms with Crippen LogP contribution in [0.5, 0.6) is 0 Å². The number of rotatable bonds is 3. The summed E-state index contributed by atoms with van der Waals surface area (Å²) in [5.41, 5.74) is 7.67. The molecule has 0 radical (unpaired) electrons. The van der Waals surface area contributed by atoms with Gasteiger partial charge in [-0.25, -0.2) is 0 Å². The molecule has 0 saturated heterocycles. The summed E-state index contributed by atoms with van der Waals surface area (Å²) in [4.78, 5) is 0. The topological polar surface area (TPSA) is 0 Å². The lowest BCUT2D eigenvalue weighted by Gasteiger charge is -2.20. The van der Waals surface area contributed by atoms with Gasteiger partial charge in [-0.1, -0.05) is 140 Å². The Kier molecular flexibility index (Phi) is 6.09. The third-order valence-electron chi connectivity index (χ3n) is 10.4. The van der Waals surface area contributed by atoms with Gasteiger partial charge >= 0.3 is 0 Å². The number of fused-ring (bicyclic) bond motifs is 10. The van der Waals surface area contributed by atoms with Crippen molar-refractivity contribution in [3.63, 3.8) is 0 Å². The van der Waals surface area contributed by atoms with Gasteiger partial charge in [-0.05, 0) is 96.0 Å². The SMILES string of the molecule is c1ccc(-c2c3ccccc3c(-c3cc(-c4cc5sc6ccccc6c5c5sc6ccccc6c45)cc4ccccc34)c3ccccc23)cc1. The average molecular weight is 669 g/mol. The van der Waals surface area contributed by atoms with Crippen LogP contribution < -0.4 is 0 Å². The predicted octanol–water partition coefficient (Wildman–Crippen LogP) is 14.9. The molecule has 0 aliphatic rings. The first-order chi connectivity index (χ1) is 24.8. The second kappa shape index (κ2) is 10.9. The molecule has 0 aliphatic carbocycles. The van der Waals surface area contributed by atoms with E-state index in [1.807, 2.05) is 22.7 Å². The van der Waals surface area contributed by atoms with E-state index in [1.165, 1.54) is 106 Å². The predicted molar refractivity (Wildman–Crippen MR) is 221 cm³/mol. The maximum Gasteiger partial charge on any atom is 0.0454 e. The Balaban J connectivity index is 1.30. The monoisotopic (exact) mass is 668 g/mol. The molecule has 0 spiro atoms. The molecule has 0 saturated carbocycles. The second-order valence-corrected chi connectivity index (χ2v) is 15.3. The molecule has 11 aromatic rings. The summed E-state index contributed by atoms with van der Waals surface area (Å²) in [5, 5.41) is 13.1. The van der Waals surface area contributed by atoms with Crippen LogP contribution in [-0.2, 0) is 0 Å². The molecule has 0 unspecified atom stereocenters. The first-order valence-corrected chi connectivity index (χ1v) is 18.7. The van der Waals surface area contributed by atoms with E-state index >= 15 is 0 Å². The van der Waals surface area contributed by atoms with Gasteiger partial charge in [0.15, 0.2) is 0 Å². The van der Waals surface area contributed by atoms with Crippen molar-refractivity contribution in [3.05, 3.63) is 170 Å². The minimum atomic E-state index is 1.24. The van der Waals surface area contributed by atoms with Crippen molar-refractivity contribution in [1.82, 2.24) is 0 Å². The Labute approximate surface area is 297 Å². The molecule has 2 heteroatoms. The van der Waals surface area contributed by atoms with Crippen LogP contribution in [0, 0.1) is 0 Å². The molecule has 0 atom stereocenters. The van der Waals surface area contributed by atoms with Crippen LogP contribution in [0.15, 0.2) is 170 Å². The summed E-state index contributed by atoms with van der Waals surface area (Å²) < 4.78 is 5.40. The van der Waals surface area contributed by atoms with E-state index in [4.69, 9.17) is 0 Å². The highest BCUT2D eigenvalue weighted by Gasteiger charge is 2.22. The van der Waals surface area contributed by atoms with E-state index < -0.39 is 0 Å². The fourth-order valence-corrected chi connectivity index (χ4v) is 10.8. The molecule has 0 bridgehead atoms. The summed E-state index contributed by atoms with van der Waals surface area (Å²) >= 11 is 3.84. The van der Waals surface area contributed by atoms with Crippen molar-refractivity contribution in [3.8, 4) is 33.4 Å². The minimum absolute atomic E-state index is 1.24. The maximum absolute atomic E-state index is 2.49. The van der Waals surface area contributed by atoms with E-state index in [0.717, 1.165) is 0 Å². The van der Waals surface area contributed by atoms with Crippen LogP contribution in [0.3, 0.4) is 0 Å². The average Bonchev–Trinajstić information content (AvgIpc) is 3.75. The van der Waals surface area contributed by atoms with E-state index in [1.54, 1.807) is 0 Å². The zero-order valence-electron chi connectivity index (χ0n) is 27.0. The Morgan fingerprint density at radius 2 is 0.820 bits per heavy atom. The summed E-state index contributed by atoms with van der Waals surface area (Å²) in [6.07, 6.45) is 0. The van der Waals surface area contributed by atoms with Gasteiger partial charge in [0, 0.05) is 40.3 Å². The van der Waals surface area contributed by atoms with Gasteiger partial charge < -0.3 is 0 Å². The second-order valence-electron chi connectivity index (χ2n) is 13.1. The number of hydrogen-bond donors (Lipinski definition) is 0. The van der Waals surface area contributed by atoms with E-state index in [2.05, 4.69) is 170 Å². The molecule has 11 rings (SSSR count). The zero-order valence-corrected chi connectivity index (χ0v) is 28.6. The van der Waals surface area contributed by atoms with Crippen LogP contribution in [-0.4, -0.2) is 0 Å². The summed E-state index contributed by atoms with van der Waals surface area (Å²) in [6.45, 7) is 0. The molecular formula is C48H28S2. The molecule has 0 fully saturated rings. The zero-order chi connectivity index (χ0) is 32.8. The third-order valence-corrected chi connectivity index (χ3v) is 12.7. The largest absolute Gasteiger partial charge is 0.135 e. The van der Waals surface area contributed by atoms with Crippen molar-refractivity contribution in [1.29, 1.82) is 0 Å². The quantitative estimate of drug-likeness (QED) is 0.164. The van der Waals surface area contributed by atoms with Crippen molar-refractivity contribution in [2.24, 2.45) is 0 Å². The highest BCUT2D eigenvalue weighted by molar-refractivity contribution is 7.30. The van der Waals surface area contributed by atoms with E-state index in [0.29, 0.717) is 0 Å². The fourth-order valence-electron chi connectivity index (χ4n) is 8.33. The smallest absolute Gasteiger partial charge is 0.0454 e. The van der Waals surface area contributed by atoms with Crippen LogP contribution in [0.1, 0.15) is 0 Å². The van der Waals surface area contributed by atoms with Crippen molar-refractivity contribution < 1.29 is 0 Å². The van der Waals surface area contributed by atoms with Crippen molar-refractivity contribution in [2.75, 3.05) is 0 Å². The Morgan fingerprint density at radius 1 is 0.300 bits per heavy atom. The molecule has 0 N–H and O–H groups in total. The molecule has 0 aliphatic heterocycles. The Hall–Kier alpha value is -5.80. The lowest BCUT2D eigenvalue weighted by molar-refractivity contribution is 1.66. The molecule has 0 amide bonds. The van der Waals surface area contributed by atoms with Gasteiger partial charge in [0.05, 0.1) is 0 Å². The van der Waals surface area contributed by atoms with Crippen LogP contribution in [0.25, 0.3) is 106 Å². The first kappa shape index (κ1) is 28.1. The number of benzene rings is 9. The molecule has 0 nitrogen and oxygen atoms in total. The normalized spacial score (nSPS) is 12.0. The van der Waals surface area contributed by atoms with Gasteiger partial charge in [-0.2, -0.15) is 0 Å². The highest BCUT2D eigenvalue weighted by Crippen LogP contribution is 2.51. The van der Waals surface area contributed by atoms with Crippen molar-refractivity contribution in [2.45, 2.75) is 0 Å². The fraction of sp³-hybridized carbons (Fsp3) is 0. The lowest BCUT2D eigenvalue weighted by atomic mass is 9.83. The number of thiophene rings is 2. The van der Waals surface area contributed by atoms with Crippen LogP contribution in [0.2, 0.25) is 0 Å².